The number of carbonyl (C=O) groups is 2. The van der Waals surface area contributed by atoms with Crippen LogP contribution >= 0.6 is 0 Å². The van der Waals surface area contributed by atoms with Crippen molar-refractivity contribution in [1.82, 2.24) is 5.32 Å². The van der Waals surface area contributed by atoms with Crippen molar-refractivity contribution in [3.63, 3.8) is 0 Å². The summed E-state index contributed by atoms with van der Waals surface area (Å²) in [4.78, 5) is 22.8. The lowest BCUT2D eigenvalue weighted by molar-refractivity contribution is -0.142. The molecule has 120 valence electrons. The molecular formula is C15H19FN2O4. The summed E-state index contributed by atoms with van der Waals surface area (Å²) < 4.78 is 18.3. The number of carboxylic acids is 1. The number of methoxy groups -OCH3 is 1. The SMILES string of the molecule is COc1ccc(F)cc1NC(=O)NC1CCC(C(=O)O)CC1. The van der Waals surface area contributed by atoms with Crippen molar-refractivity contribution in [2.24, 2.45) is 5.92 Å². The summed E-state index contributed by atoms with van der Waals surface area (Å²) in [5.41, 5.74) is 0.249. The molecule has 0 heterocycles. The van der Waals surface area contributed by atoms with Crippen LogP contribution in [-0.4, -0.2) is 30.3 Å². The number of ether oxygens (including phenoxy) is 1. The van der Waals surface area contributed by atoms with E-state index in [4.69, 9.17) is 9.84 Å². The molecule has 1 saturated carbocycles. The van der Waals surface area contributed by atoms with Crippen LogP contribution in [0.3, 0.4) is 0 Å². The standard InChI is InChI=1S/C15H19FN2O4/c1-22-13-7-4-10(16)8-12(13)18-15(21)17-11-5-2-9(3-6-11)14(19)20/h4,7-9,11H,2-3,5-6H2,1H3,(H,19,20)(H2,17,18,21). The maximum Gasteiger partial charge on any atom is 0.319 e. The number of nitrogens with one attached hydrogen (secondary N) is 2. The van der Waals surface area contributed by atoms with E-state index in [1.165, 1.54) is 25.3 Å². The molecule has 0 radical (unpaired) electrons. The van der Waals surface area contributed by atoms with Crippen molar-refractivity contribution >= 4 is 17.7 Å². The van der Waals surface area contributed by atoms with Crippen molar-refractivity contribution in [3.05, 3.63) is 24.0 Å². The fraction of sp³-hybridized carbons (Fsp3) is 0.467. The maximum absolute atomic E-state index is 13.2. The molecule has 1 fully saturated rings. The van der Waals surface area contributed by atoms with Crippen molar-refractivity contribution in [3.8, 4) is 5.75 Å². The van der Waals surface area contributed by atoms with Gasteiger partial charge in [-0.15, -0.1) is 0 Å². The molecule has 2 rings (SSSR count). The average molecular weight is 310 g/mol. The lowest BCUT2D eigenvalue weighted by Gasteiger charge is -2.26. The molecule has 7 heteroatoms. The molecule has 0 bridgehead atoms. The fourth-order valence-electron chi connectivity index (χ4n) is 2.61. The number of hydrogen-bond acceptors (Lipinski definition) is 3. The first-order chi connectivity index (χ1) is 10.5. The number of rotatable bonds is 4. The Balaban J connectivity index is 1.89. The van der Waals surface area contributed by atoms with Gasteiger partial charge in [-0.05, 0) is 37.8 Å². The highest BCUT2D eigenvalue weighted by Gasteiger charge is 2.26. The Bertz CT molecular complexity index is 556. The maximum atomic E-state index is 13.2. The normalized spacial score (nSPS) is 21.0. The van der Waals surface area contributed by atoms with Gasteiger partial charge in [0.1, 0.15) is 11.6 Å². The van der Waals surface area contributed by atoms with Crippen LogP contribution in [0.5, 0.6) is 5.75 Å². The summed E-state index contributed by atoms with van der Waals surface area (Å²) in [5.74, 6) is -1.22. The Labute approximate surface area is 127 Å². The first kappa shape index (κ1) is 16.1. The van der Waals surface area contributed by atoms with E-state index in [0.29, 0.717) is 31.4 Å². The highest BCUT2D eigenvalue weighted by Crippen LogP contribution is 2.26. The largest absolute Gasteiger partial charge is 0.495 e. The van der Waals surface area contributed by atoms with Crippen LogP contribution in [0.15, 0.2) is 18.2 Å². The number of urea groups is 1. The summed E-state index contributed by atoms with van der Waals surface area (Å²) in [5, 5.41) is 14.3. The third-order valence-electron chi connectivity index (χ3n) is 3.82. The van der Waals surface area contributed by atoms with E-state index < -0.39 is 17.8 Å². The lowest BCUT2D eigenvalue weighted by Crippen LogP contribution is -2.41. The molecule has 1 aromatic carbocycles. The van der Waals surface area contributed by atoms with E-state index in [1.54, 1.807) is 0 Å². The zero-order valence-corrected chi connectivity index (χ0v) is 12.3. The number of amides is 2. The fourth-order valence-corrected chi connectivity index (χ4v) is 2.61. The predicted octanol–water partition coefficient (Wildman–Crippen LogP) is 2.60. The van der Waals surface area contributed by atoms with E-state index in [9.17, 15) is 14.0 Å². The van der Waals surface area contributed by atoms with Crippen LogP contribution in [0.25, 0.3) is 0 Å². The van der Waals surface area contributed by atoms with Crippen molar-refractivity contribution in [1.29, 1.82) is 0 Å². The summed E-state index contributed by atoms with van der Waals surface area (Å²) in [6.07, 6.45) is 2.32. The minimum absolute atomic E-state index is 0.0739. The summed E-state index contributed by atoms with van der Waals surface area (Å²) in [6, 6.07) is 3.33. The number of anilines is 1. The van der Waals surface area contributed by atoms with E-state index >= 15 is 0 Å². The summed E-state index contributed by atoms with van der Waals surface area (Å²) in [6.45, 7) is 0. The Kier molecular flexibility index (Phi) is 5.19. The monoisotopic (exact) mass is 310 g/mol. The molecule has 0 unspecified atom stereocenters. The molecule has 0 saturated heterocycles. The summed E-state index contributed by atoms with van der Waals surface area (Å²) in [7, 11) is 1.43. The molecule has 1 aliphatic rings. The molecule has 0 spiro atoms. The summed E-state index contributed by atoms with van der Waals surface area (Å²) >= 11 is 0. The van der Waals surface area contributed by atoms with Crippen LogP contribution in [0.4, 0.5) is 14.9 Å². The van der Waals surface area contributed by atoms with Gasteiger partial charge in [-0.25, -0.2) is 9.18 Å². The zero-order chi connectivity index (χ0) is 16.1. The second-order valence-electron chi connectivity index (χ2n) is 5.33. The second-order valence-corrected chi connectivity index (χ2v) is 5.33. The molecule has 22 heavy (non-hydrogen) atoms. The molecule has 1 aromatic rings. The molecule has 1 aliphatic carbocycles. The van der Waals surface area contributed by atoms with Crippen LogP contribution in [0, 0.1) is 11.7 Å². The van der Waals surface area contributed by atoms with Crippen molar-refractivity contribution in [2.75, 3.05) is 12.4 Å². The van der Waals surface area contributed by atoms with Crippen molar-refractivity contribution < 1.29 is 23.8 Å². The highest BCUT2D eigenvalue weighted by molar-refractivity contribution is 5.91. The van der Waals surface area contributed by atoms with Gasteiger partial charge >= 0.3 is 12.0 Å². The van der Waals surface area contributed by atoms with Crippen molar-refractivity contribution in [2.45, 2.75) is 31.7 Å². The van der Waals surface area contributed by atoms with Crippen LogP contribution in [0.2, 0.25) is 0 Å². The number of benzene rings is 1. The Morgan fingerprint density at radius 3 is 2.55 bits per heavy atom. The average Bonchev–Trinajstić information content (AvgIpc) is 2.48. The zero-order valence-electron chi connectivity index (χ0n) is 12.3. The van der Waals surface area contributed by atoms with Gasteiger partial charge in [0, 0.05) is 12.1 Å². The topological polar surface area (TPSA) is 87.7 Å². The van der Waals surface area contributed by atoms with Gasteiger partial charge in [-0.3, -0.25) is 4.79 Å². The van der Waals surface area contributed by atoms with Gasteiger partial charge in [0.2, 0.25) is 0 Å². The molecule has 0 atom stereocenters. The quantitative estimate of drug-likeness (QED) is 0.797. The molecule has 2 amide bonds. The third-order valence-corrected chi connectivity index (χ3v) is 3.82. The first-order valence-corrected chi connectivity index (χ1v) is 7.13. The Morgan fingerprint density at radius 2 is 1.95 bits per heavy atom. The molecule has 6 nitrogen and oxygen atoms in total. The van der Waals surface area contributed by atoms with E-state index in [0.717, 1.165) is 0 Å². The Hall–Kier alpha value is -2.31. The van der Waals surface area contributed by atoms with Gasteiger partial charge in [-0.1, -0.05) is 0 Å². The number of hydrogen-bond donors (Lipinski definition) is 3. The van der Waals surface area contributed by atoms with E-state index in [1.807, 2.05) is 0 Å². The van der Waals surface area contributed by atoms with Gasteiger partial charge in [0.05, 0.1) is 18.7 Å². The minimum atomic E-state index is -0.785. The van der Waals surface area contributed by atoms with Gasteiger partial charge < -0.3 is 20.5 Å². The minimum Gasteiger partial charge on any atom is -0.495 e. The van der Waals surface area contributed by atoms with Crippen LogP contribution in [0.1, 0.15) is 25.7 Å². The third kappa shape index (κ3) is 4.09. The number of carbonyl (C=O) groups excluding carboxylic acids is 1. The number of aliphatic carboxylic acids is 1. The van der Waals surface area contributed by atoms with Crippen LogP contribution in [-0.2, 0) is 4.79 Å². The second kappa shape index (κ2) is 7.11. The predicted molar refractivity (Wildman–Crippen MR) is 78.5 cm³/mol. The molecule has 0 aromatic heterocycles. The molecule has 3 N–H and O–H groups in total. The molecule has 0 aliphatic heterocycles. The smallest absolute Gasteiger partial charge is 0.319 e. The van der Waals surface area contributed by atoms with Gasteiger partial charge in [0.25, 0.3) is 0 Å². The van der Waals surface area contributed by atoms with E-state index in [2.05, 4.69) is 10.6 Å². The van der Waals surface area contributed by atoms with Crippen LogP contribution < -0.4 is 15.4 Å². The van der Waals surface area contributed by atoms with Gasteiger partial charge in [0.15, 0.2) is 0 Å². The Morgan fingerprint density at radius 1 is 1.27 bits per heavy atom. The first-order valence-electron chi connectivity index (χ1n) is 7.13. The van der Waals surface area contributed by atoms with Gasteiger partial charge in [-0.2, -0.15) is 0 Å². The highest BCUT2D eigenvalue weighted by atomic mass is 19.1. The molecular weight excluding hydrogens is 291 g/mol. The lowest BCUT2D eigenvalue weighted by atomic mass is 9.86. The van der Waals surface area contributed by atoms with E-state index in [-0.39, 0.29) is 17.6 Å². The number of halogens is 1. The number of carboxylic acid groups (broad SMARTS) is 1.